The molecule has 3 atom stereocenters. The standard InChI is InChI=1S/C15H18O3/c1-10(16)14-12(11-6-4-3-5-7-11)8-15(2,18)9-13(14)17/h3-7,12,14,18H,8-9H2,1-2H3. The Morgan fingerprint density at radius 2 is 1.94 bits per heavy atom. The second kappa shape index (κ2) is 4.65. The first-order valence-corrected chi connectivity index (χ1v) is 6.21. The van der Waals surface area contributed by atoms with Crippen LogP contribution in [0.1, 0.15) is 38.2 Å². The minimum Gasteiger partial charge on any atom is -0.390 e. The molecule has 0 heterocycles. The van der Waals surface area contributed by atoms with Gasteiger partial charge in [-0.3, -0.25) is 9.59 Å². The fourth-order valence-electron chi connectivity index (χ4n) is 2.89. The average Bonchev–Trinajstić information content (AvgIpc) is 2.27. The van der Waals surface area contributed by atoms with Crippen molar-refractivity contribution in [3.63, 3.8) is 0 Å². The minimum atomic E-state index is -1.01. The first-order valence-electron chi connectivity index (χ1n) is 6.21. The average molecular weight is 246 g/mol. The van der Waals surface area contributed by atoms with E-state index in [1.165, 1.54) is 6.92 Å². The molecule has 1 aromatic carbocycles. The highest BCUT2D eigenvalue weighted by Gasteiger charge is 2.44. The molecule has 1 aromatic rings. The molecule has 0 saturated heterocycles. The lowest BCUT2D eigenvalue weighted by Crippen LogP contribution is -2.44. The number of Topliss-reactive ketones (excluding diaryl/α,β-unsaturated/α-hetero) is 2. The highest BCUT2D eigenvalue weighted by Crippen LogP contribution is 2.40. The predicted octanol–water partition coefficient (Wildman–Crippen LogP) is 2.09. The lowest BCUT2D eigenvalue weighted by molar-refractivity contribution is -0.140. The van der Waals surface area contributed by atoms with Gasteiger partial charge in [0.15, 0.2) is 0 Å². The zero-order chi connectivity index (χ0) is 13.3. The van der Waals surface area contributed by atoms with Crippen molar-refractivity contribution in [1.29, 1.82) is 0 Å². The molecule has 1 N–H and O–H groups in total. The van der Waals surface area contributed by atoms with Crippen LogP contribution in [-0.2, 0) is 9.59 Å². The number of carbonyl (C=O) groups is 2. The van der Waals surface area contributed by atoms with Gasteiger partial charge in [0.1, 0.15) is 11.6 Å². The Balaban J connectivity index is 2.39. The van der Waals surface area contributed by atoms with E-state index in [2.05, 4.69) is 0 Å². The van der Waals surface area contributed by atoms with E-state index >= 15 is 0 Å². The van der Waals surface area contributed by atoms with E-state index < -0.39 is 11.5 Å². The maximum absolute atomic E-state index is 12.1. The van der Waals surface area contributed by atoms with Crippen LogP contribution in [0.2, 0.25) is 0 Å². The van der Waals surface area contributed by atoms with Crippen molar-refractivity contribution in [2.45, 2.75) is 38.2 Å². The summed E-state index contributed by atoms with van der Waals surface area (Å²) in [5.41, 5.74) is -0.0604. The molecule has 18 heavy (non-hydrogen) atoms. The summed E-state index contributed by atoms with van der Waals surface area (Å²) < 4.78 is 0. The maximum atomic E-state index is 12.1. The maximum Gasteiger partial charge on any atom is 0.146 e. The fourth-order valence-corrected chi connectivity index (χ4v) is 2.89. The van der Waals surface area contributed by atoms with Crippen LogP contribution in [0.25, 0.3) is 0 Å². The van der Waals surface area contributed by atoms with Gasteiger partial charge in [0.05, 0.1) is 11.5 Å². The van der Waals surface area contributed by atoms with Crippen LogP contribution >= 0.6 is 0 Å². The largest absolute Gasteiger partial charge is 0.390 e. The summed E-state index contributed by atoms with van der Waals surface area (Å²) in [7, 11) is 0. The van der Waals surface area contributed by atoms with Gasteiger partial charge in [0.2, 0.25) is 0 Å². The summed E-state index contributed by atoms with van der Waals surface area (Å²) in [6, 6.07) is 9.50. The predicted molar refractivity (Wildman–Crippen MR) is 68.2 cm³/mol. The van der Waals surface area contributed by atoms with E-state index in [4.69, 9.17) is 0 Å². The first-order chi connectivity index (χ1) is 8.41. The van der Waals surface area contributed by atoms with E-state index in [-0.39, 0.29) is 23.9 Å². The van der Waals surface area contributed by atoms with Gasteiger partial charge in [-0.1, -0.05) is 30.3 Å². The van der Waals surface area contributed by atoms with Gasteiger partial charge in [-0.25, -0.2) is 0 Å². The SMILES string of the molecule is CC(=O)C1C(=O)CC(C)(O)CC1c1ccccc1. The Bertz CT molecular complexity index is 462. The fraction of sp³-hybridized carbons (Fsp3) is 0.467. The van der Waals surface area contributed by atoms with Gasteiger partial charge in [0, 0.05) is 12.3 Å². The van der Waals surface area contributed by atoms with Crippen molar-refractivity contribution in [3.8, 4) is 0 Å². The van der Waals surface area contributed by atoms with Crippen LogP contribution in [0.5, 0.6) is 0 Å². The number of aliphatic hydroxyl groups is 1. The molecule has 3 unspecified atom stereocenters. The van der Waals surface area contributed by atoms with Gasteiger partial charge in [0.25, 0.3) is 0 Å². The van der Waals surface area contributed by atoms with E-state index in [9.17, 15) is 14.7 Å². The topological polar surface area (TPSA) is 54.4 Å². The third-order valence-corrected chi connectivity index (χ3v) is 3.63. The summed E-state index contributed by atoms with van der Waals surface area (Å²) in [5, 5.41) is 10.1. The van der Waals surface area contributed by atoms with Crippen molar-refractivity contribution in [1.82, 2.24) is 0 Å². The van der Waals surface area contributed by atoms with Crippen LogP contribution in [0.4, 0.5) is 0 Å². The molecule has 0 bridgehead atoms. The van der Waals surface area contributed by atoms with E-state index in [1.807, 2.05) is 30.3 Å². The molecular weight excluding hydrogens is 228 g/mol. The molecule has 0 spiro atoms. The van der Waals surface area contributed by atoms with Crippen LogP contribution in [-0.4, -0.2) is 22.3 Å². The van der Waals surface area contributed by atoms with Gasteiger partial charge < -0.3 is 5.11 Å². The molecule has 0 aliphatic heterocycles. The van der Waals surface area contributed by atoms with E-state index in [0.29, 0.717) is 6.42 Å². The first kappa shape index (κ1) is 13.0. The number of benzene rings is 1. The van der Waals surface area contributed by atoms with Crippen molar-refractivity contribution in [2.24, 2.45) is 5.92 Å². The Labute approximate surface area is 107 Å². The van der Waals surface area contributed by atoms with Gasteiger partial charge in [-0.2, -0.15) is 0 Å². The summed E-state index contributed by atoms with van der Waals surface area (Å²) >= 11 is 0. The van der Waals surface area contributed by atoms with Crippen LogP contribution in [0.3, 0.4) is 0 Å². The molecule has 1 fully saturated rings. The molecule has 2 rings (SSSR count). The Kier molecular flexibility index (Phi) is 3.35. The summed E-state index contributed by atoms with van der Waals surface area (Å²) in [6.45, 7) is 3.12. The third-order valence-electron chi connectivity index (χ3n) is 3.63. The Hall–Kier alpha value is -1.48. The number of carbonyl (C=O) groups excluding carboxylic acids is 2. The molecule has 0 radical (unpaired) electrons. The second-order valence-corrected chi connectivity index (χ2v) is 5.45. The van der Waals surface area contributed by atoms with Gasteiger partial charge in [-0.05, 0) is 25.8 Å². The van der Waals surface area contributed by atoms with Gasteiger partial charge in [-0.15, -0.1) is 0 Å². The molecule has 1 saturated carbocycles. The summed E-state index contributed by atoms with van der Waals surface area (Å²) in [5.74, 6) is -1.07. The van der Waals surface area contributed by atoms with E-state index in [0.717, 1.165) is 5.56 Å². The van der Waals surface area contributed by atoms with Crippen molar-refractivity contribution in [3.05, 3.63) is 35.9 Å². The normalized spacial score (nSPS) is 32.3. The zero-order valence-corrected chi connectivity index (χ0v) is 10.7. The Morgan fingerprint density at radius 3 is 2.50 bits per heavy atom. The van der Waals surface area contributed by atoms with Crippen molar-refractivity contribution < 1.29 is 14.7 Å². The molecule has 3 nitrogen and oxygen atoms in total. The monoisotopic (exact) mass is 246 g/mol. The quantitative estimate of drug-likeness (QED) is 0.813. The van der Waals surface area contributed by atoms with Gasteiger partial charge >= 0.3 is 0 Å². The zero-order valence-electron chi connectivity index (χ0n) is 10.7. The van der Waals surface area contributed by atoms with E-state index in [1.54, 1.807) is 6.92 Å². The molecule has 0 aromatic heterocycles. The lowest BCUT2D eigenvalue weighted by atomic mass is 9.67. The molecular formula is C15H18O3. The number of hydrogen-bond donors (Lipinski definition) is 1. The summed E-state index contributed by atoms with van der Waals surface area (Å²) in [6.07, 6.45) is 0.521. The van der Waals surface area contributed by atoms with Crippen molar-refractivity contribution >= 4 is 11.6 Å². The lowest BCUT2D eigenvalue weighted by Gasteiger charge is -2.37. The Morgan fingerprint density at radius 1 is 1.33 bits per heavy atom. The van der Waals surface area contributed by atoms with Crippen LogP contribution in [0, 0.1) is 5.92 Å². The molecule has 0 amide bonds. The highest BCUT2D eigenvalue weighted by molar-refractivity contribution is 6.03. The number of rotatable bonds is 2. The molecule has 3 heteroatoms. The smallest absolute Gasteiger partial charge is 0.146 e. The molecule has 96 valence electrons. The van der Waals surface area contributed by atoms with Crippen molar-refractivity contribution in [2.75, 3.05) is 0 Å². The van der Waals surface area contributed by atoms with Crippen LogP contribution < -0.4 is 0 Å². The van der Waals surface area contributed by atoms with Crippen LogP contribution in [0.15, 0.2) is 30.3 Å². The minimum absolute atomic E-state index is 0.0700. The second-order valence-electron chi connectivity index (χ2n) is 5.45. The number of ketones is 2. The molecule has 1 aliphatic rings. The third kappa shape index (κ3) is 2.51. The summed E-state index contributed by atoms with van der Waals surface area (Å²) in [4.78, 5) is 23.8. The highest BCUT2D eigenvalue weighted by atomic mass is 16.3. The number of hydrogen-bond acceptors (Lipinski definition) is 3. The molecule has 1 aliphatic carbocycles.